The van der Waals surface area contributed by atoms with Crippen molar-refractivity contribution in [2.75, 3.05) is 60.0 Å². The summed E-state index contributed by atoms with van der Waals surface area (Å²) < 4.78 is 0. The first-order valence-corrected chi connectivity index (χ1v) is 6.39. The molecule has 1 amide bonds. The van der Waals surface area contributed by atoms with E-state index in [-0.39, 0.29) is 12.5 Å². The third-order valence-corrected chi connectivity index (χ3v) is 3.14. The first kappa shape index (κ1) is 14.4. The monoisotopic (exact) mass is 243 g/mol. The van der Waals surface area contributed by atoms with E-state index in [1.54, 1.807) is 0 Å². The van der Waals surface area contributed by atoms with Gasteiger partial charge in [-0.25, -0.2) is 0 Å². The number of amides is 1. The molecule has 1 rings (SSSR count). The molecule has 0 aromatic rings. The molecule has 0 radical (unpaired) electrons. The number of hydrogen-bond donors (Lipinski definition) is 1. The number of rotatable bonds is 6. The highest BCUT2D eigenvalue weighted by atomic mass is 16.3. The molecule has 17 heavy (non-hydrogen) atoms. The minimum Gasteiger partial charge on any atom is -0.396 e. The maximum atomic E-state index is 11.7. The SMILES string of the molecule is CN(C)CCN1CCN(C(=O)CCCO)CC1. The van der Waals surface area contributed by atoms with Crippen LogP contribution in [0.5, 0.6) is 0 Å². The van der Waals surface area contributed by atoms with Crippen LogP contribution in [-0.2, 0) is 4.79 Å². The zero-order chi connectivity index (χ0) is 12.7. The summed E-state index contributed by atoms with van der Waals surface area (Å²) in [6.07, 6.45) is 1.06. The zero-order valence-corrected chi connectivity index (χ0v) is 11.1. The molecule has 0 unspecified atom stereocenters. The normalized spacial score (nSPS) is 17.8. The lowest BCUT2D eigenvalue weighted by Crippen LogP contribution is -2.49. The Morgan fingerprint density at radius 1 is 1.24 bits per heavy atom. The average Bonchev–Trinajstić information content (AvgIpc) is 2.34. The standard InChI is InChI=1S/C12H25N3O2/c1-13(2)5-6-14-7-9-15(10-8-14)12(17)4-3-11-16/h16H,3-11H2,1-2H3. The molecular formula is C12H25N3O2. The minimum atomic E-state index is 0.106. The van der Waals surface area contributed by atoms with E-state index < -0.39 is 0 Å². The summed E-state index contributed by atoms with van der Waals surface area (Å²) in [5, 5.41) is 8.69. The Morgan fingerprint density at radius 2 is 1.88 bits per heavy atom. The summed E-state index contributed by atoms with van der Waals surface area (Å²) in [7, 11) is 4.16. The lowest BCUT2D eigenvalue weighted by atomic mass is 10.2. The van der Waals surface area contributed by atoms with E-state index in [1.165, 1.54) is 0 Å². The highest BCUT2D eigenvalue weighted by Gasteiger charge is 2.20. The number of aliphatic hydroxyl groups excluding tert-OH is 1. The van der Waals surface area contributed by atoms with E-state index in [4.69, 9.17) is 5.11 Å². The maximum absolute atomic E-state index is 11.7. The number of likely N-dealkylation sites (N-methyl/N-ethyl adjacent to an activating group) is 1. The fraction of sp³-hybridized carbons (Fsp3) is 0.917. The molecular weight excluding hydrogens is 218 g/mol. The molecule has 1 aliphatic heterocycles. The molecule has 0 atom stereocenters. The molecule has 0 spiro atoms. The predicted octanol–water partition coefficient (Wildman–Crippen LogP) is -0.535. The molecule has 1 heterocycles. The second-order valence-electron chi connectivity index (χ2n) is 4.85. The first-order chi connectivity index (χ1) is 8.13. The molecule has 1 N–H and O–H groups in total. The number of nitrogens with zero attached hydrogens (tertiary/aromatic N) is 3. The molecule has 1 fully saturated rings. The van der Waals surface area contributed by atoms with Gasteiger partial charge in [0.25, 0.3) is 0 Å². The van der Waals surface area contributed by atoms with Gasteiger partial charge in [0.15, 0.2) is 0 Å². The summed E-state index contributed by atoms with van der Waals surface area (Å²) in [5.74, 6) is 0.186. The Hall–Kier alpha value is -0.650. The van der Waals surface area contributed by atoms with Gasteiger partial charge in [0.1, 0.15) is 0 Å². The highest BCUT2D eigenvalue weighted by Crippen LogP contribution is 2.04. The van der Waals surface area contributed by atoms with Gasteiger partial charge < -0.3 is 14.9 Å². The number of piperazine rings is 1. The number of carbonyl (C=O) groups is 1. The van der Waals surface area contributed by atoms with Crippen LogP contribution in [0.1, 0.15) is 12.8 Å². The summed E-state index contributed by atoms with van der Waals surface area (Å²) in [5.41, 5.74) is 0. The van der Waals surface area contributed by atoms with Gasteiger partial charge in [0, 0.05) is 52.3 Å². The zero-order valence-electron chi connectivity index (χ0n) is 11.1. The van der Waals surface area contributed by atoms with Crippen molar-refractivity contribution in [2.24, 2.45) is 0 Å². The van der Waals surface area contributed by atoms with E-state index in [0.717, 1.165) is 39.3 Å². The molecule has 5 heteroatoms. The van der Waals surface area contributed by atoms with Gasteiger partial charge in [0.2, 0.25) is 5.91 Å². The molecule has 0 aromatic carbocycles. The molecule has 0 saturated carbocycles. The van der Waals surface area contributed by atoms with Crippen LogP contribution in [0.3, 0.4) is 0 Å². The lowest BCUT2D eigenvalue weighted by Gasteiger charge is -2.35. The maximum Gasteiger partial charge on any atom is 0.222 e. The van der Waals surface area contributed by atoms with Gasteiger partial charge in [-0.15, -0.1) is 0 Å². The largest absolute Gasteiger partial charge is 0.396 e. The van der Waals surface area contributed by atoms with Crippen molar-refractivity contribution in [1.82, 2.24) is 14.7 Å². The van der Waals surface area contributed by atoms with Gasteiger partial charge in [-0.05, 0) is 20.5 Å². The second-order valence-corrected chi connectivity index (χ2v) is 4.85. The Labute approximate surface area is 104 Å². The molecule has 100 valence electrons. The summed E-state index contributed by atoms with van der Waals surface area (Å²) in [4.78, 5) is 18.2. The Bertz CT molecular complexity index is 226. The van der Waals surface area contributed by atoms with Crippen LogP contribution in [-0.4, -0.2) is 85.7 Å². The topological polar surface area (TPSA) is 47.0 Å². The van der Waals surface area contributed by atoms with Crippen LogP contribution >= 0.6 is 0 Å². The fourth-order valence-electron chi connectivity index (χ4n) is 1.95. The van der Waals surface area contributed by atoms with Crippen molar-refractivity contribution >= 4 is 5.91 Å². The summed E-state index contributed by atoms with van der Waals surface area (Å²) >= 11 is 0. The van der Waals surface area contributed by atoms with Gasteiger partial charge in [0.05, 0.1) is 0 Å². The smallest absolute Gasteiger partial charge is 0.222 e. The van der Waals surface area contributed by atoms with E-state index in [1.807, 2.05) is 4.90 Å². The van der Waals surface area contributed by atoms with Crippen molar-refractivity contribution in [3.05, 3.63) is 0 Å². The van der Waals surface area contributed by atoms with Gasteiger partial charge in [-0.1, -0.05) is 0 Å². The van der Waals surface area contributed by atoms with Crippen LogP contribution in [0, 0.1) is 0 Å². The Morgan fingerprint density at radius 3 is 2.41 bits per heavy atom. The van der Waals surface area contributed by atoms with Crippen molar-refractivity contribution in [3.8, 4) is 0 Å². The summed E-state index contributed by atoms with van der Waals surface area (Å²) in [6.45, 7) is 5.85. The number of aliphatic hydroxyl groups is 1. The van der Waals surface area contributed by atoms with Gasteiger partial charge in [-0.3, -0.25) is 9.69 Å². The first-order valence-electron chi connectivity index (χ1n) is 6.39. The van der Waals surface area contributed by atoms with E-state index in [2.05, 4.69) is 23.9 Å². The van der Waals surface area contributed by atoms with Crippen LogP contribution in [0.4, 0.5) is 0 Å². The molecule has 1 aliphatic rings. The van der Waals surface area contributed by atoms with Crippen LogP contribution in [0.15, 0.2) is 0 Å². The molecule has 0 bridgehead atoms. The second kappa shape index (κ2) is 7.63. The third-order valence-electron chi connectivity index (χ3n) is 3.14. The fourth-order valence-corrected chi connectivity index (χ4v) is 1.95. The average molecular weight is 243 g/mol. The van der Waals surface area contributed by atoms with Crippen LogP contribution in [0.2, 0.25) is 0 Å². The molecule has 1 saturated heterocycles. The number of carbonyl (C=O) groups excluding carboxylic acids is 1. The Balaban J connectivity index is 2.18. The number of hydrogen-bond acceptors (Lipinski definition) is 4. The Kier molecular flexibility index (Phi) is 6.47. The van der Waals surface area contributed by atoms with Crippen molar-refractivity contribution in [1.29, 1.82) is 0 Å². The quantitative estimate of drug-likeness (QED) is 0.681. The van der Waals surface area contributed by atoms with E-state index >= 15 is 0 Å². The van der Waals surface area contributed by atoms with Crippen molar-refractivity contribution in [3.63, 3.8) is 0 Å². The van der Waals surface area contributed by atoms with E-state index in [9.17, 15) is 4.79 Å². The van der Waals surface area contributed by atoms with Gasteiger partial charge in [-0.2, -0.15) is 0 Å². The summed E-state index contributed by atoms with van der Waals surface area (Å²) in [6, 6.07) is 0. The third kappa shape index (κ3) is 5.48. The molecule has 0 aliphatic carbocycles. The van der Waals surface area contributed by atoms with E-state index in [0.29, 0.717) is 12.8 Å². The lowest BCUT2D eigenvalue weighted by molar-refractivity contribution is -0.133. The highest BCUT2D eigenvalue weighted by molar-refractivity contribution is 5.76. The van der Waals surface area contributed by atoms with Crippen molar-refractivity contribution < 1.29 is 9.90 Å². The van der Waals surface area contributed by atoms with Crippen LogP contribution in [0.25, 0.3) is 0 Å². The molecule has 5 nitrogen and oxygen atoms in total. The van der Waals surface area contributed by atoms with Gasteiger partial charge >= 0.3 is 0 Å². The van der Waals surface area contributed by atoms with Crippen LogP contribution < -0.4 is 0 Å². The molecule has 0 aromatic heterocycles. The van der Waals surface area contributed by atoms with Crippen molar-refractivity contribution in [2.45, 2.75) is 12.8 Å². The predicted molar refractivity (Wildman–Crippen MR) is 67.9 cm³/mol. The minimum absolute atomic E-state index is 0.106.